The van der Waals surface area contributed by atoms with Crippen LogP contribution in [0, 0.1) is 35.0 Å². The fraction of sp³-hybridized carbons (Fsp3) is 0.558. The molecule has 0 heterocycles. The lowest BCUT2D eigenvalue weighted by molar-refractivity contribution is -0.151. The fourth-order valence-corrected chi connectivity index (χ4v) is 14.0. The van der Waals surface area contributed by atoms with Crippen molar-refractivity contribution in [1.29, 1.82) is 0 Å². The van der Waals surface area contributed by atoms with Gasteiger partial charge < -0.3 is 9.16 Å². The number of carbonyl (C=O) groups is 1. The van der Waals surface area contributed by atoms with Crippen molar-refractivity contribution < 1.29 is 14.0 Å². The number of carbonyl (C=O) groups excluding carboxylic acids is 1. The summed E-state index contributed by atoms with van der Waals surface area (Å²) in [4.78, 5) is 12.5. The summed E-state index contributed by atoms with van der Waals surface area (Å²) >= 11 is 0. The number of esters is 1. The van der Waals surface area contributed by atoms with E-state index >= 15 is 0 Å². The number of fused-ring (bicyclic) bond motifs is 2. The van der Waals surface area contributed by atoms with Crippen molar-refractivity contribution >= 4 is 24.7 Å². The van der Waals surface area contributed by atoms with E-state index in [1.807, 2.05) is 0 Å². The highest BCUT2D eigenvalue weighted by molar-refractivity contribution is 6.99. The Kier molecular flexibility index (Phi) is 10.9. The van der Waals surface area contributed by atoms with Gasteiger partial charge in [-0.05, 0) is 108 Å². The van der Waals surface area contributed by atoms with Crippen molar-refractivity contribution in [2.75, 3.05) is 6.61 Å². The molecule has 3 aliphatic rings. The maximum atomic E-state index is 12.5. The van der Waals surface area contributed by atoms with E-state index in [9.17, 15) is 4.79 Å². The molecule has 4 heteroatoms. The lowest BCUT2D eigenvalue weighted by atomic mass is 9.68. The predicted molar refractivity (Wildman–Crippen MR) is 199 cm³/mol. The minimum atomic E-state index is -2.71. The first kappa shape index (κ1) is 35.6. The molecule has 0 radical (unpaired) electrons. The summed E-state index contributed by atoms with van der Waals surface area (Å²) < 4.78 is 13.8. The highest BCUT2D eigenvalue weighted by atomic mass is 28.4. The third kappa shape index (κ3) is 7.20. The van der Waals surface area contributed by atoms with Gasteiger partial charge in [0, 0.05) is 12.3 Å². The summed E-state index contributed by atoms with van der Waals surface area (Å²) in [7, 11) is -2.71. The standard InChI is InChI=1S/C43H60O3Si/c1-30(2)37-26-27-43(9)40(37)25-22-34(39-24-21-32(4)38(39)23-20-31(3)28-41(43)46-33(5)44)29-45-47(42(6,7)8,35-16-12-10-13-17-35)36-18-14-11-15-19-36/h10-19,22,24,28,30,32,37-38,40-41H,20-21,23,25-27,29H2,1-9H3/b31-28+,34-22+/t32-,37+,38-,40-,41-,43-/m0/s1. The van der Waals surface area contributed by atoms with Crippen LogP contribution in [0.4, 0.5) is 0 Å². The molecule has 0 aromatic heterocycles. The van der Waals surface area contributed by atoms with Crippen LogP contribution in [0.3, 0.4) is 0 Å². The minimum Gasteiger partial charge on any atom is -0.458 e. The van der Waals surface area contributed by atoms with Gasteiger partial charge >= 0.3 is 5.97 Å². The Morgan fingerprint density at radius 3 is 2.13 bits per heavy atom. The molecule has 2 aromatic carbocycles. The highest BCUT2D eigenvalue weighted by Crippen LogP contribution is 2.55. The maximum absolute atomic E-state index is 12.5. The molecule has 254 valence electrons. The molecule has 1 saturated carbocycles. The SMILES string of the molecule is CC(=O)O[C@H]1/C=C(\C)CC[C@@H]2C(=CC[C@@H]2C)/C(CO[Si](c2ccccc2)(c2ccccc2)C(C)(C)C)=C/C[C@H]2[C@@H](C(C)C)CC[C@]12C. The number of benzene rings is 2. The second kappa shape index (κ2) is 14.4. The Bertz CT molecular complexity index is 1420. The summed E-state index contributed by atoms with van der Waals surface area (Å²) in [5.74, 6) is 2.48. The van der Waals surface area contributed by atoms with Crippen molar-refractivity contribution in [2.45, 2.75) is 112 Å². The van der Waals surface area contributed by atoms with Gasteiger partial charge in [0.05, 0.1) is 6.61 Å². The van der Waals surface area contributed by atoms with Crippen LogP contribution < -0.4 is 10.4 Å². The molecule has 0 amide bonds. The molecule has 0 bridgehead atoms. The van der Waals surface area contributed by atoms with E-state index < -0.39 is 8.32 Å². The van der Waals surface area contributed by atoms with Gasteiger partial charge in [0.15, 0.2) is 0 Å². The zero-order chi connectivity index (χ0) is 34.0. The van der Waals surface area contributed by atoms with E-state index in [0.29, 0.717) is 36.2 Å². The minimum absolute atomic E-state index is 0.0790. The summed E-state index contributed by atoms with van der Waals surface area (Å²) in [5.41, 5.74) is 4.13. The first-order valence-electron chi connectivity index (χ1n) is 18.3. The van der Waals surface area contributed by atoms with E-state index in [-0.39, 0.29) is 22.5 Å². The van der Waals surface area contributed by atoms with Crippen LogP contribution in [0.25, 0.3) is 0 Å². The molecule has 3 nitrogen and oxygen atoms in total. The largest absolute Gasteiger partial charge is 0.458 e. The Balaban J connectivity index is 1.62. The Hall–Kier alpha value is -2.69. The van der Waals surface area contributed by atoms with Crippen LogP contribution in [-0.4, -0.2) is 27.0 Å². The summed E-state index contributed by atoms with van der Waals surface area (Å²) in [6, 6.07) is 22.1. The molecule has 5 rings (SSSR count). The van der Waals surface area contributed by atoms with Crippen molar-refractivity contribution in [2.24, 2.45) is 35.0 Å². The van der Waals surface area contributed by atoms with Crippen LogP contribution in [0.2, 0.25) is 5.04 Å². The van der Waals surface area contributed by atoms with Crippen LogP contribution in [0.1, 0.15) is 101 Å². The predicted octanol–water partition coefficient (Wildman–Crippen LogP) is 9.82. The Morgan fingerprint density at radius 1 is 0.957 bits per heavy atom. The molecule has 0 saturated heterocycles. The average Bonchev–Trinajstić information content (AvgIpc) is 3.56. The van der Waals surface area contributed by atoms with Crippen LogP contribution >= 0.6 is 0 Å². The number of ether oxygens (including phenoxy) is 1. The quantitative estimate of drug-likeness (QED) is 0.170. The summed E-state index contributed by atoms with van der Waals surface area (Å²) in [6.07, 6.45) is 13.7. The van der Waals surface area contributed by atoms with Crippen LogP contribution in [0.15, 0.2) is 95.6 Å². The second-order valence-corrected chi connectivity index (χ2v) is 20.8. The van der Waals surface area contributed by atoms with Crippen molar-refractivity contribution in [3.05, 3.63) is 95.6 Å². The van der Waals surface area contributed by atoms with E-state index in [1.165, 1.54) is 33.5 Å². The molecule has 2 aromatic rings. The summed E-state index contributed by atoms with van der Waals surface area (Å²) in [6.45, 7) is 21.1. The molecule has 0 aliphatic heterocycles. The van der Waals surface area contributed by atoms with Gasteiger partial charge in [-0.1, -0.05) is 127 Å². The first-order chi connectivity index (χ1) is 22.3. The Morgan fingerprint density at radius 2 is 1.57 bits per heavy atom. The average molecular weight is 653 g/mol. The molecule has 0 N–H and O–H groups in total. The molecular weight excluding hydrogens is 593 g/mol. The van der Waals surface area contributed by atoms with Gasteiger partial charge in [0.25, 0.3) is 8.32 Å². The topological polar surface area (TPSA) is 35.5 Å². The smallest absolute Gasteiger partial charge is 0.303 e. The third-order valence-corrected chi connectivity index (χ3v) is 17.1. The Labute approximate surface area is 287 Å². The van der Waals surface area contributed by atoms with E-state index in [4.69, 9.17) is 9.16 Å². The van der Waals surface area contributed by atoms with Crippen LogP contribution in [-0.2, 0) is 14.0 Å². The lowest BCUT2D eigenvalue weighted by Gasteiger charge is -2.43. The monoisotopic (exact) mass is 652 g/mol. The van der Waals surface area contributed by atoms with Gasteiger partial charge in [0.1, 0.15) is 6.10 Å². The fourth-order valence-electron chi connectivity index (χ4n) is 9.43. The molecule has 0 spiro atoms. The lowest BCUT2D eigenvalue weighted by Crippen LogP contribution is -2.66. The van der Waals surface area contributed by atoms with Crippen LogP contribution in [0.5, 0.6) is 0 Å². The van der Waals surface area contributed by atoms with E-state index in [1.54, 1.807) is 6.92 Å². The highest BCUT2D eigenvalue weighted by Gasteiger charge is 2.52. The number of allylic oxidation sites excluding steroid dienone is 3. The first-order valence-corrected chi connectivity index (χ1v) is 20.2. The number of rotatable bonds is 7. The normalized spacial score (nSPS) is 30.9. The summed E-state index contributed by atoms with van der Waals surface area (Å²) in [5, 5.41) is 2.57. The van der Waals surface area contributed by atoms with Crippen molar-refractivity contribution in [3.63, 3.8) is 0 Å². The molecular formula is C43H60O3Si. The van der Waals surface area contributed by atoms with Gasteiger partial charge in [0.2, 0.25) is 0 Å². The van der Waals surface area contributed by atoms with E-state index in [0.717, 1.165) is 32.1 Å². The van der Waals surface area contributed by atoms with Gasteiger partial charge in [-0.15, -0.1) is 0 Å². The molecule has 1 fully saturated rings. The van der Waals surface area contributed by atoms with Crippen molar-refractivity contribution in [3.8, 4) is 0 Å². The zero-order valence-corrected chi connectivity index (χ0v) is 31.6. The van der Waals surface area contributed by atoms with E-state index in [2.05, 4.69) is 134 Å². The molecule has 3 aliphatic carbocycles. The molecule has 47 heavy (non-hydrogen) atoms. The molecule has 0 unspecified atom stereocenters. The van der Waals surface area contributed by atoms with Crippen molar-refractivity contribution in [1.82, 2.24) is 0 Å². The second-order valence-electron chi connectivity index (χ2n) is 16.5. The maximum Gasteiger partial charge on any atom is 0.303 e. The zero-order valence-electron chi connectivity index (χ0n) is 30.6. The van der Waals surface area contributed by atoms with Gasteiger partial charge in [-0.2, -0.15) is 0 Å². The third-order valence-electron chi connectivity index (χ3n) is 12.1. The van der Waals surface area contributed by atoms with Gasteiger partial charge in [-0.3, -0.25) is 4.79 Å². The van der Waals surface area contributed by atoms with Gasteiger partial charge in [-0.25, -0.2) is 0 Å². The number of hydrogen-bond acceptors (Lipinski definition) is 3. The molecule has 6 atom stereocenters. The number of hydrogen-bond donors (Lipinski definition) is 0.